The van der Waals surface area contributed by atoms with E-state index in [2.05, 4.69) is 35.6 Å². The van der Waals surface area contributed by atoms with Gasteiger partial charge in [0, 0.05) is 36.9 Å². The third-order valence-electron chi connectivity index (χ3n) is 6.57. The lowest BCUT2D eigenvalue weighted by molar-refractivity contribution is -0.133. The lowest BCUT2D eigenvalue weighted by Gasteiger charge is -2.38. The van der Waals surface area contributed by atoms with E-state index in [1.54, 1.807) is 4.90 Å². The molecule has 1 aliphatic heterocycles. The monoisotopic (exact) mass is 545 g/mol. The molecule has 0 aromatic heterocycles. The smallest absolute Gasteiger partial charge is 0.242 e. The average Bonchev–Trinajstić information content (AvgIpc) is 2.87. The van der Waals surface area contributed by atoms with Crippen LogP contribution in [0.2, 0.25) is 10.0 Å². The van der Waals surface area contributed by atoms with Crippen molar-refractivity contribution in [3.05, 3.63) is 93.5 Å². The largest absolute Gasteiger partial charge is 0.368 e. The number of hydrogen-bond acceptors (Lipinski definition) is 4. The van der Waals surface area contributed by atoms with E-state index >= 15 is 0 Å². The molecule has 3 aromatic rings. The molecule has 0 aliphatic carbocycles. The number of rotatable bonds is 7. The van der Waals surface area contributed by atoms with E-state index in [4.69, 9.17) is 23.2 Å². The fourth-order valence-corrected chi connectivity index (χ4v) is 6.38. The van der Waals surface area contributed by atoms with Gasteiger partial charge in [0.25, 0.3) is 0 Å². The summed E-state index contributed by atoms with van der Waals surface area (Å²) in [5, 5.41) is 0.285. The van der Waals surface area contributed by atoms with E-state index in [0.717, 1.165) is 5.56 Å². The second kappa shape index (κ2) is 11.2. The van der Waals surface area contributed by atoms with E-state index in [-0.39, 0.29) is 27.3 Å². The highest BCUT2D eigenvalue weighted by Crippen LogP contribution is 2.26. The third kappa shape index (κ3) is 6.03. The number of benzene rings is 3. The first-order chi connectivity index (χ1) is 17.2. The molecule has 1 atom stereocenters. The Bertz CT molecular complexity index is 1340. The Morgan fingerprint density at radius 1 is 0.944 bits per heavy atom. The summed E-state index contributed by atoms with van der Waals surface area (Å²) in [5.74, 6) is -0.263. The van der Waals surface area contributed by atoms with Crippen LogP contribution in [0, 0.1) is 13.8 Å². The summed E-state index contributed by atoms with van der Waals surface area (Å²) >= 11 is 12.2. The third-order valence-corrected chi connectivity index (χ3v) is 8.76. The molecule has 1 heterocycles. The van der Waals surface area contributed by atoms with E-state index in [1.165, 1.54) is 35.0 Å². The fourth-order valence-electron chi connectivity index (χ4n) is 4.43. The van der Waals surface area contributed by atoms with Crippen molar-refractivity contribution in [3.8, 4) is 0 Å². The van der Waals surface area contributed by atoms with Crippen molar-refractivity contribution in [2.45, 2.75) is 31.2 Å². The van der Waals surface area contributed by atoms with Crippen LogP contribution in [0.3, 0.4) is 0 Å². The van der Waals surface area contributed by atoms with Crippen LogP contribution >= 0.6 is 23.2 Å². The molecule has 1 saturated heterocycles. The van der Waals surface area contributed by atoms with Crippen LogP contribution in [-0.2, 0) is 21.2 Å². The Kier molecular flexibility index (Phi) is 8.25. The van der Waals surface area contributed by atoms with Gasteiger partial charge in [-0.1, -0.05) is 65.7 Å². The van der Waals surface area contributed by atoms with Crippen LogP contribution < -0.4 is 9.62 Å². The molecule has 6 nitrogen and oxygen atoms in total. The molecule has 9 heteroatoms. The van der Waals surface area contributed by atoms with Gasteiger partial charge in [-0.2, -0.15) is 4.72 Å². The van der Waals surface area contributed by atoms with Gasteiger partial charge in [-0.05, 0) is 61.2 Å². The number of anilines is 1. The SMILES string of the molecule is Cc1cccc(N2CCN(C(=O)[C@H](Cc3ccccc3)NS(=O)(=O)c3cc(Cl)ccc3Cl)CC2)c1C. The van der Waals surface area contributed by atoms with Crippen molar-refractivity contribution in [1.29, 1.82) is 0 Å². The molecule has 190 valence electrons. The molecule has 0 bridgehead atoms. The van der Waals surface area contributed by atoms with Gasteiger partial charge in [-0.3, -0.25) is 4.79 Å². The molecule has 4 rings (SSSR count). The van der Waals surface area contributed by atoms with Gasteiger partial charge in [-0.25, -0.2) is 8.42 Å². The molecule has 36 heavy (non-hydrogen) atoms. The number of hydrogen-bond donors (Lipinski definition) is 1. The minimum atomic E-state index is -4.10. The number of nitrogens with one attached hydrogen (secondary N) is 1. The van der Waals surface area contributed by atoms with Crippen LogP contribution in [0.15, 0.2) is 71.6 Å². The first kappa shape index (κ1) is 26.5. The predicted octanol–water partition coefficient (Wildman–Crippen LogP) is 4.85. The maximum absolute atomic E-state index is 13.6. The lowest BCUT2D eigenvalue weighted by Crippen LogP contribution is -2.55. The Hall–Kier alpha value is -2.58. The van der Waals surface area contributed by atoms with E-state index < -0.39 is 16.1 Å². The number of aryl methyl sites for hydroxylation is 1. The first-order valence-electron chi connectivity index (χ1n) is 11.8. The molecule has 1 N–H and O–H groups in total. The van der Waals surface area contributed by atoms with Crippen LogP contribution in [0.1, 0.15) is 16.7 Å². The summed E-state index contributed by atoms with van der Waals surface area (Å²) < 4.78 is 29.1. The number of halogens is 2. The quantitative estimate of drug-likeness (QED) is 0.460. The molecule has 1 amide bonds. The van der Waals surface area contributed by atoms with Crippen molar-refractivity contribution < 1.29 is 13.2 Å². The zero-order valence-corrected chi connectivity index (χ0v) is 22.6. The summed E-state index contributed by atoms with van der Waals surface area (Å²) in [5.41, 5.74) is 4.47. The lowest BCUT2D eigenvalue weighted by atomic mass is 10.0. The highest BCUT2D eigenvalue weighted by atomic mass is 35.5. The summed E-state index contributed by atoms with van der Waals surface area (Å²) in [6.45, 7) is 6.52. The van der Waals surface area contributed by atoms with Gasteiger partial charge in [0.15, 0.2) is 0 Å². The molecule has 0 spiro atoms. The van der Waals surface area contributed by atoms with Gasteiger partial charge < -0.3 is 9.80 Å². The molecule has 0 unspecified atom stereocenters. The number of sulfonamides is 1. The molecule has 1 fully saturated rings. The van der Waals surface area contributed by atoms with Crippen LogP contribution in [-0.4, -0.2) is 51.4 Å². The van der Waals surface area contributed by atoms with Crippen LogP contribution in [0.4, 0.5) is 5.69 Å². The van der Waals surface area contributed by atoms with Gasteiger partial charge in [0.2, 0.25) is 15.9 Å². The Morgan fingerprint density at radius 2 is 1.64 bits per heavy atom. The second-order valence-electron chi connectivity index (χ2n) is 8.97. The van der Waals surface area contributed by atoms with Gasteiger partial charge >= 0.3 is 0 Å². The molecule has 0 radical (unpaired) electrons. The normalized spacial score (nSPS) is 15.1. The summed E-state index contributed by atoms with van der Waals surface area (Å²) in [4.78, 5) is 17.5. The van der Waals surface area contributed by atoms with Crippen LogP contribution in [0.5, 0.6) is 0 Å². The summed E-state index contributed by atoms with van der Waals surface area (Å²) in [7, 11) is -4.10. The average molecular weight is 547 g/mol. The highest BCUT2D eigenvalue weighted by molar-refractivity contribution is 7.89. The van der Waals surface area contributed by atoms with Crippen molar-refractivity contribution >= 4 is 44.8 Å². The second-order valence-corrected chi connectivity index (χ2v) is 11.5. The fraction of sp³-hybridized carbons (Fsp3) is 0.296. The molecule has 0 saturated carbocycles. The maximum atomic E-state index is 13.6. The Labute approximate surface area is 222 Å². The van der Waals surface area contributed by atoms with E-state index in [0.29, 0.717) is 26.2 Å². The first-order valence-corrected chi connectivity index (χ1v) is 14.0. The van der Waals surface area contributed by atoms with E-state index in [1.807, 2.05) is 36.4 Å². The van der Waals surface area contributed by atoms with Crippen molar-refractivity contribution in [2.75, 3.05) is 31.1 Å². The number of carbonyl (C=O) groups excluding carboxylic acids is 1. The molecule has 3 aromatic carbocycles. The van der Waals surface area contributed by atoms with E-state index in [9.17, 15) is 13.2 Å². The van der Waals surface area contributed by atoms with Crippen molar-refractivity contribution in [1.82, 2.24) is 9.62 Å². The zero-order chi connectivity index (χ0) is 25.9. The topological polar surface area (TPSA) is 69.7 Å². The number of carbonyl (C=O) groups is 1. The highest BCUT2D eigenvalue weighted by Gasteiger charge is 2.32. The number of nitrogens with zero attached hydrogens (tertiary/aromatic N) is 2. The maximum Gasteiger partial charge on any atom is 0.242 e. The Morgan fingerprint density at radius 3 is 2.33 bits per heavy atom. The number of amides is 1. The van der Waals surface area contributed by atoms with Crippen molar-refractivity contribution in [2.24, 2.45) is 0 Å². The Balaban J connectivity index is 1.54. The minimum absolute atomic E-state index is 0.0416. The summed E-state index contributed by atoms with van der Waals surface area (Å²) in [6.07, 6.45) is 0.217. The zero-order valence-electron chi connectivity index (χ0n) is 20.2. The van der Waals surface area contributed by atoms with Crippen LogP contribution in [0.25, 0.3) is 0 Å². The number of piperazine rings is 1. The molecule has 1 aliphatic rings. The minimum Gasteiger partial charge on any atom is -0.368 e. The standard InChI is InChI=1S/C27H29Cl2N3O3S/c1-19-7-6-10-25(20(19)2)31-13-15-32(16-14-31)27(33)24(17-21-8-4-3-5-9-21)30-36(34,35)26-18-22(28)11-12-23(26)29/h3-12,18,24,30H,13-17H2,1-2H3/t24-/m0/s1. The predicted molar refractivity (Wildman–Crippen MR) is 145 cm³/mol. The van der Waals surface area contributed by atoms with Crippen molar-refractivity contribution in [3.63, 3.8) is 0 Å². The summed E-state index contributed by atoms with van der Waals surface area (Å²) in [6, 6.07) is 18.8. The van der Waals surface area contributed by atoms with Gasteiger partial charge in [0.1, 0.15) is 10.9 Å². The van der Waals surface area contributed by atoms with Gasteiger partial charge in [0.05, 0.1) is 5.02 Å². The van der Waals surface area contributed by atoms with Gasteiger partial charge in [-0.15, -0.1) is 0 Å². The molecular weight excluding hydrogens is 517 g/mol. The molecular formula is C27H29Cl2N3O3S.